The molecule has 1 saturated heterocycles. The van der Waals surface area contributed by atoms with Gasteiger partial charge in [0.05, 0.1) is 10.6 Å². The summed E-state index contributed by atoms with van der Waals surface area (Å²) in [5.74, 6) is 0.916. The first kappa shape index (κ1) is 15.3. The van der Waals surface area contributed by atoms with E-state index in [9.17, 15) is 13.2 Å². The van der Waals surface area contributed by atoms with Crippen molar-refractivity contribution in [1.29, 1.82) is 0 Å². The Labute approximate surface area is 130 Å². The van der Waals surface area contributed by atoms with Gasteiger partial charge < -0.3 is 10.1 Å². The van der Waals surface area contributed by atoms with E-state index in [1.807, 2.05) is 0 Å². The molecule has 0 aromatic heterocycles. The number of hydrogen-bond acceptors (Lipinski definition) is 4. The molecule has 6 nitrogen and oxygen atoms in total. The van der Waals surface area contributed by atoms with Gasteiger partial charge in [-0.15, -0.1) is 0 Å². The number of carbonyl (C=O) groups excluding carboxylic acids is 1. The maximum absolute atomic E-state index is 12.8. The minimum absolute atomic E-state index is 0.0414. The lowest BCUT2D eigenvalue weighted by atomic mass is 9.94. The van der Waals surface area contributed by atoms with Crippen LogP contribution in [-0.2, 0) is 14.8 Å². The minimum atomic E-state index is -3.55. The summed E-state index contributed by atoms with van der Waals surface area (Å²) in [5, 5.41) is 2.65. The molecule has 1 aromatic rings. The Kier molecular flexibility index (Phi) is 3.86. The zero-order valence-electron chi connectivity index (χ0n) is 12.7. The molecular weight excluding hydrogens is 304 g/mol. The number of carbonyl (C=O) groups is 1. The van der Waals surface area contributed by atoms with Crippen LogP contribution in [0.15, 0.2) is 23.1 Å². The lowest BCUT2D eigenvalue weighted by molar-refractivity contribution is -0.118. The molecule has 1 fully saturated rings. The van der Waals surface area contributed by atoms with Crippen molar-refractivity contribution in [2.45, 2.75) is 25.2 Å². The van der Waals surface area contributed by atoms with Crippen LogP contribution in [0.4, 0.5) is 5.69 Å². The number of amides is 1. The van der Waals surface area contributed by atoms with Crippen LogP contribution in [0.2, 0.25) is 0 Å². The average Bonchev–Trinajstić information content (AvgIpc) is 2.45. The van der Waals surface area contributed by atoms with Crippen molar-refractivity contribution in [3.05, 3.63) is 18.2 Å². The topological polar surface area (TPSA) is 75.7 Å². The van der Waals surface area contributed by atoms with Gasteiger partial charge in [0.15, 0.2) is 6.61 Å². The molecule has 2 atom stereocenters. The van der Waals surface area contributed by atoms with E-state index in [0.29, 0.717) is 36.4 Å². The van der Waals surface area contributed by atoms with E-state index in [1.165, 1.54) is 12.1 Å². The summed E-state index contributed by atoms with van der Waals surface area (Å²) < 4.78 is 32.4. The summed E-state index contributed by atoms with van der Waals surface area (Å²) in [4.78, 5) is 11.6. The second-order valence-corrected chi connectivity index (χ2v) is 8.20. The summed E-state index contributed by atoms with van der Waals surface area (Å²) in [6.45, 7) is 5.16. The second kappa shape index (κ2) is 5.55. The van der Waals surface area contributed by atoms with E-state index in [0.717, 1.165) is 6.42 Å². The van der Waals surface area contributed by atoms with E-state index in [-0.39, 0.29) is 17.4 Å². The minimum Gasteiger partial charge on any atom is -0.482 e. The largest absolute Gasteiger partial charge is 0.482 e. The normalized spacial score (nSPS) is 26.0. The van der Waals surface area contributed by atoms with Crippen molar-refractivity contribution < 1.29 is 17.9 Å². The van der Waals surface area contributed by atoms with Gasteiger partial charge in [-0.25, -0.2) is 8.42 Å². The van der Waals surface area contributed by atoms with Gasteiger partial charge >= 0.3 is 0 Å². The van der Waals surface area contributed by atoms with E-state index in [4.69, 9.17) is 4.74 Å². The van der Waals surface area contributed by atoms with Crippen molar-refractivity contribution in [1.82, 2.24) is 4.31 Å². The lowest BCUT2D eigenvalue weighted by Gasteiger charge is -2.34. The Balaban J connectivity index is 1.92. The summed E-state index contributed by atoms with van der Waals surface area (Å²) in [6.07, 6.45) is 1.04. The zero-order valence-corrected chi connectivity index (χ0v) is 13.5. The second-order valence-electron chi connectivity index (χ2n) is 6.26. The molecule has 3 rings (SSSR count). The molecule has 0 unspecified atom stereocenters. The summed E-state index contributed by atoms with van der Waals surface area (Å²) >= 11 is 0. The van der Waals surface area contributed by atoms with Crippen LogP contribution >= 0.6 is 0 Å². The van der Waals surface area contributed by atoms with Crippen molar-refractivity contribution in [3.8, 4) is 5.75 Å². The van der Waals surface area contributed by atoms with Crippen LogP contribution in [0.1, 0.15) is 20.3 Å². The molecule has 120 valence electrons. The molecule has 0 aliphatic carbocycles. The third-order valence-electron chi connectivity index (χ3n) is 4.06. The molecule has 0 spiro atoms. The number of fused-ring (bicyclic) bond motifs is 1. The number of piperidine rings is 1. The highest BCUT2D eigenvalue weighted by Gasteiger charge is 2.32. The van der Waals surface area contributed by atoms with E-state index >= 15 is 0 Å². The Morgan fingerprint density at radius 3 is 2.59 bits per heavy atom. The predicted molar refractivity (Wildman–Crippen MR) is 82.3 cm³/mol. The highest BCUT2D eigenvalue weighted by molar-refractivity contribution is 7.89. The molecule has 1 amide bonds. The van der Waals surface area contributed by atoms with Gasteiger partial charge in [0.2, 0.25) is 10.0 Å². The van der Waals surface area contributed by atoms with Gasteiger partial charge in [-0.1, -0.05) is 13.8 Å². The van der Waals surface area contributed by atoms with Crippen LogP contribution in [0.3, 0.4) is 0 Å². The van der Waals surface area contributed by atoms with Crippen LogP contribution in [-0.4, -0.2) is 38.3 Å². The first-order valence-electron chi connectivity index (χ1n) is 7.43. The van der Waals surface area contributed by atoms with Gasteiger partial charge in [0.25, 0.3) is 5.91 Å². The number of nitrogens with zero attached hydrogens (tertiary/aromatic N) is 1. The van der Waals surface area contributed by atoms with Crippen LogP contribution in [0.5, 0.6) is 5.75 Å². The van der Waals surface area contributed by atoms with E-state index in [2.05, 4.69) is 19.2 Å². The van der Waals surface area contributed by atoms with Gasteiger partial charge in [-0.2, -0.15) is 4.31 Å². The summed E-state index contributed by atoms with van der Waals surface area (Å²) in [7, 11) is -3.55. The molecule has 2 aliphatic heterocycles. The summed E-state index contributed by atoms with van der Waals surface area (Å²) in [5.41, 5.74) is 0.412. The Bertz CT molecular complexity index is 691. The predicted octanol–water partition coefficient (Wildman–Crippen LogP) is 1.68. The fourth-order valence-electron chi connectivity index (χ4n) is 3.17. The summed E-state index contributed by atoms with van der Waals surface area (Å²) in [6, 6.07) is 4.61. The molecule has 2 aliphatic rings. The first-order valence-corrected chi connectivity index (χ1v) is 8.87. The lowest BCUT2D eigenvalue weighted by Crippen LogP contribution is -2.42. The molecule has 22 heavy (non-hydrogen) atoms. The third-order valence-corrected chi connectivity index (χ3v) is 5.88. The highest BCUT2D eigenvalue weighted by atomic mass is 32.2. The first-order chi connectivity index (χ1) is 10.4. The monoisotopic (exact) mass is 324 g/mol. The molecule has 0 saturated carbocycles. The van der Waals surface area contributed by atoms with Gasteiger partial charge in [0, 0.05) is 13.1 Å². The third kappa shape index (κ3) is 2.83. The van der Waals surface area contributed by atoms with Crippen molar-refractivity contribution in [3.63, 3.8) is 0 Å². The fourth-order valence-corrected chi connectivity index (χ4v) is 4.88. The fraction of sp³-hybridized carbons (Fsp3) is 0.533. The number of ether oxygens (including phenoxy) is 1. The maximum atomic E-state index is 12.8. The van der Waals surface area contributed by atoms with Crippen molar-refractivity contribution >= 4 is 21.6 Å². The van der Waals surface area contributed by atoms with E-state index < -0.39 is 10.0 Å². The Morgan fingerprint density at radius 1 is 1.23 bits per heavy atom. The standard InChI is InChI=1S/C15H20N2O4S/c1-10-5-11(2)8-17(7-10)22(19,20)12-3-4-14-13(6-12)16-15(18)9-21-14/h3-4,6,10-11H,5,7-9H2,1-2H3,(H,16,18)/t10-,11-/m0/s1. The molecule has 0 radical (unpaired) electrons. The molecule has 2 heterocycles. The van der Waals surface area contributed by atoms with Gasteiger partial charge in [-0.05, 0) is 36.5 Å². The number of hydrogen-bond donors (Lipinski definition) is 1. The molecule has 1 N–H and O–H groups in total. The average molecular weight is 324 g/mol. The number of sulfonamides is 1. The van der Waals surface area contributed by atoms with Crippen LogP contribution < -0.4 is 10.1 Å². The van der Waals surface area contributed by atoms with Gasteiger partial charge in [-0.3, -0.25) is 4.79 Å². The molecule has 1 aromatic carbocycles. The SMILES string of the molecule is C[C@H]1C[C@H](C)CN(S(=O)(=O)c2ccc3c(c2)NC(=O)CO3)C1. The van der Waals surface area contributed by atoms with Crippen LogP contribution in [0, 0.1) is 11.8 Å². The van der Waals surface area contributed by atoms with Crippen LogP contribution in [0.25, 0.3) is 0 Å². The quantitative estimate of drug-likeness (QED) is 0.898. The Morgan fingerprint density at radius 2 is 1.91 bits per heavy atom. The number of nitrogens with one attached hydrogen (secondary N) is 1. The Hall–Kier alpha value is -1.60. The molecular formula is C15H20N2O4S. The number of rotatable bonds is 2. The number of benzene rings is 1. The number of anilines is 1. The highest BCUT2D eigenvalue weighted by Crippen LogP contribution is 2.33. The van der Waals surface area contributed by atoms with Crippen molar-refractivity contribution in [2.24, 2.45) is 11.8 Å². The van der Waals surface area contributed by atoms with E-state index in [1.54, 1.807) is 10.4 Å². The van der Waals surface area contributed by atoms with Gasteiger partial charge in [0.1, 0.15) is 5.75 Å². The maximum Gasteiger partial charge on any atom is 0.262 e. The van der Waals surface area contributed by atoms with Crippen molar-refractivity contribution in [2.75, 3.05) is 25.0 Å². The smallest absolute Gasteiger partial charge is 0.262 e. The molecule has 7 heteroatoms. The zero-order chi connectivity index (χ0) is 15.9. The molecule has 0 bridgehead atoms.